The molecule has 3 atom stereocenters. The van der Waals surface area contributed by atoms with E-state index in [1.807, 2.05) is 11.3 Å². The predicted octanol–water partition coefficient (Wildman–Crippen LogP) is 3.42. The molecule has 2 aliphatic heterocycles. The Bertz CT molecular complexity index is 406. The molecule has 4 rings (SSSR count). The fourth-order valence-electron chi connectivity index (χ4n) is 4.17. The van der Waals surface area contributed by atoms with E-state index in [-0.39, 0.29) is 0 Å². The van der Waals surface area contributed by atoms with Crippen LogP contribution in [0.2, 0.25) is 0 Å². The highest BCUT2D eigenvalue weighted by molar-refractivity contribution is 7.10. The average molecular weight is 276 g/mol. The highest BCUT2D eigenvalue weighted by Crippen LogP contribution is 2.48. The van der Waals surface area contributed by atoms with Crippen LogP contribution in [0, 0.1) is 5.92 Å². The monoisotopic (exact) mass is 276 g/mol. The van der Waals surface area contributed by atoms with Gasteiger partial charge in [0.05, 0.1) is 0 Å². The Morgan fingerprint density at radius 1 is 1.21 bits per heavy atom. The van der Waals surface area contributed by atoms with E-state index in [2.05, 4.69) is 27.7 Å². The largest absolute Gasteiger partial charge is 0.312 e. The summed E-state index contributed by atoms with van der Waals surface area (Å²) in [7, 11) is 0. The van der Waals surface area contributed by atoms with Gasteiger partial charge >= 0.3 is 0 Å². The van der Waals surface area contributed by atoms with E-state index >= 15 is 0 Å². The molecule has 0 radical (unpaired) electrons. The Labute approximate surface area is 120 Å². The van der Waals surface area contributed by atoms with Gasteiger partial charge in [-0.15, -0.1) is 11.3 Å². The molecule has 3 fully saturated rings. The van der Waals surface area contributed by atoms with Crippen molar-refractivity contribution in [2.45, 2.75) is 56.7 Å². The first-order valence-electron chi connectivity index (χ1n) is 7.96. The Balaban J connectivity index is 1.57. The lowest BCUT2D eigenvalue weighted by Gasteiger charge is -2.36. The normalized spacial score (nSPS) is 33.9. The molecule has 0 bridgehead atoms. The number of rotatable bonds is 4. The van der Waals surface area contributed by atoms with Gasteiger partial charge in [-0.2, -0.15) is 0 Å². The van der Waals surface area contributed by atoms with Crippen LogP contribution in [-0.2, 0) is 0 Å². The number of thiophene rings is 1. The molecule has 0 aromatic carbocycles. The number of hydrogen-bond acceptors (Lipinski definition) is 3. The maximum Gasteiger partial charge on any atom is 0.0473 e. The molecular formula is C16H24N2S. The summed E-state index contributed by atoms with van der Waals surface area (Å²) in [5.74, 6) is 0.945. The number of nitrogens with one attached hydrogen (secondary N) is 1. The molecule has 0 amide bonds. The fraction of sp³-hybridized carbons (Fsp3) is 0.750. The van der Waals surface area contributed by atoms with Gasteiger partial charge in [-0.25, -0.2) is 0 Å². The van der Waals surface area contributed by atoms with Crippen LogP contribution >= 0.6 is 11.3 Å². The number of likely N-dealkylation sites (tertiary alicyclic amines) is 1. The Morgan fingerprint density at radius 2 is 2.16 bits per heavy atom. The third kappa shape index (κ3) is 2.37. The highest BCUT2D eigenvalue weighted by Gasteiger charge is 2.43. The first-order chi connectivity index (χ1) is 9.43. The summed E-state index contributed by atoms with van der Waals surface area (Å²) in [5.41, 5.74) is 0. The zero-order valence-corrected chi connectivity index (χ0v) is 12.4. The molecule has 1 saturated carbocycles. The Kier molecular flexibility index (Phi) is 3.38. The van der Waals surface area contributed by atoms with E-state index in [4.69, 9.17) is 0 Å². The molecular weight excluding hydrogens is 252 g/mol. The number of hydrogen-bond donors (Lipinski definition) is 1. The molecule has 3 unspecified atom stereocenters. The number of nitrogens with zero attached hydrogens (tertiary/aromatic N) is 1. The van der Waals surface area contributed by atoms with E-state index in [0.29, 0.717) is 0 Å². The molecule has 1 aromatic rings. The zero-order chi connectivity index (χ0) is 12.7. The zero-order valence-electron chi connectivity index (χ0n) is 11.6. The van der Waals surface area contributed by atoms with Gasteiger partial charge in [0.2, 0.25) is 0 Å². The minimum absolute atomic E-state index is 0.731. The standard InChI is InChI=1S/C16H24N2S/c1-4-13(17-9-1)14-5-2-10-18(14)16(12-7-8-12)15-6-3-11-19-15/h3,6,11-14,16-17H,1-2,4-5,7-10H2. The van der Waals surface area contributed by atoms with Crippen molar-refractivity contribution < 1.29 is 0 Å². The molecule has 2 saturated heterocycles. The highest BCUT2D eigenvalue weighted by atomic mass is 32.1. The Morgan fingerprint density at radius 3 is 2.84 bits per heavy atom. The molecule has 3 heteroatoms. The quantitative estimate of drug-likeness (QED) is 0.906. The predicted molar refractivity (Wildman–Crippen MR) is 80.5 cm³/mol. The summed E-state index contributed by atoms with van der Waals surface area (Å²) < 4.78 is 0. The lowest BCUT2D eigenvalue weighted by atomic mass is 10.0. The van der Waals surface area contributed by atoms with Gasteiger partial charge < -0.3 is 5.32 Å². The van der Waals surface area contributed by atoms with Gasteiger partial charge in [-0.1, -0.05) is 6.07 Å². The maximum absolute atomic E-state index is 3.75. The molecule has 1 aliphatic carbocycles. The van der Waals surface area contributed by atoms with E-state index < -0.39 is 0 Å². The minimum Gasteiger partial charge on any atom is -0.312 e. The van der Waals surface area contributed by atoms with Crippen LogP contribution in [0.3, 0.4) is 0 Å². The van der Waals surface area contributed by atoms with Crippen LogP contribution in [0.5, 0.6) is 0 Å². The van der Waals surface area contributed by atoms with Crippen LogP contribution in [0.4, 0.5) is 0 Å². The van der Waals surface area contributed by atoms with Crippen molar-refractivity contribution in [3.8, 4) is 0 Å². The van der Waals surface area contributed by atoms with Gasteiger partial charge in [0, 0.05) is 23.0 Å². The van der Waals surface area contributed by atoms with Crippen molar-refractivity contribution in [1.82, 2.24) is 10.2 Å². The van der Waals surface area contributed by atoms with Crippen molar-refractivity contribution in [2.75, 3.05) is 13.1 Å². The van der Waals surface area contributed by atoms with Gasteiger partial charge in [0.1, 0.15) is 0 Å². The molecule has 0 spiro atoms. The summed E-state index contributed by atoms with van der Waals surface area (Å²) in [4.78, 5) is 4.49. The van der Waals surface area contributed by atoms with Crippen molar-refractivity contribution in [3.63, 3.8) is 0 Å². The summed E-state index contributed by atoms with van der Waals surface area (Å²) in [6.45, 7) is 2.56. The van der Waals surface area contributed by atoms with Gasteiger partial charge in [0.15, 0.2) is 0 Å². The lowest BCUT2D eigenvalue weighted by Crippen LogP contribution is -2.45. The molecule has 2 nitrogen and oxygen atoms in total. The summed E-state index contributed by atoms with van der Waals surface area (Å²) in [6.07, 6.45) is 8.47. The summed E-state index contributed by atoms with van der Waals surface area (Å²) >= 11 is 1.97. The lowest BCUT2D eigenvalue weighted by molar-refractivity contribution is 0.139. The first-order valence-corrected chi connectivity index (χ1v) is 8.84. The fourth-order valence-corrected chi connectivity index (χ4v) is 5.11. The second kappa shape index (κ2) is 5.19. The maximum atomic E-state index is 3.75. The second-order valence-electron chi connectivity index (χ2n) is 6.45. The SMILES string of the molecule is c1csc(C(C2CC2)N2CCCC2C2CCCN2)c1. The van der Waals surface area contributed by atoms with Crippen molar-refractivity contribution in [1.29, 1.82) is 0 Å². The molecule has 1 aromatic heterocycles. The molecule has 104 valence electrons. The van der Waals surface area contributed by atoms with Gasteiger partial charge in [0.25, 0.3) is 0 Å². The molecule has 3 aliphatic rings. The van der Waals surface area contributed by atoms with E-state index in [0.717, 1.165) is 24.0 Å². The molecule has 1 N–H and O–H groups in total. The van der Waals surface area contributed by atoms with Crippen LogP contribution in [0.15, 0.2) is 17.5 Å². The third-order valence-electron chi connectivity index (χ3n) is 5.17. The van der Waals surface area contributed by atoms with E-state index in [9.17, 15) is 0 Å². The van der Waals surface area contributed by atoms with E-state index in [1.165, 1.54) is 51.6 Å². The van der Waals surface area contributed by atoms with Crippen LogP contribution in [-0.4, -0.2) is 30.1 Å². The van der Waals surface area contributed by atoms with E-state index in [1.54, 1.807) is 4.88 Å². The van der Waals surface area contributed by atoms with Crippen molar-refractivity contribution in [3.05, 3.63) is 22.4 Å². The molecule has 19 heavy (non-hydrogen) atoms. The Hall–Kier alpha value is -0.380. The van der Waals surface area contributed by atoms with Crippen molar-refractivity contribution >= 4 is 11.3 Å². The third-order valence-corrected chi connectivity index (χ3v) is 6.11. The smallest absolute Gasteiger partial charge is 0.0473 e. The molecule has 3 heterocycles. The average Bonchev–Trinajstić information content (AvgIpc) is 2.92. The summed E-state index contributed by atoms with van der Waals surface area (Å²) in [5, 5.41) is 6.00. The van der Waals surface area contributed by atoms with Crippen LogP contribution in [0.25, 0.3) is 0 Å². The van der Waals surface area contributed by atoms with Crippen LogP contribution in [0.1, 0.15) is 49.4 Å². The topological polar surface area (TPSA) is 15.3 Å². The van der Waals surface area contributed by atoms with Crippen molar-refractivity contribution in [2.24, 2.45) is 5.92 Å². The minimum atomic E-state index is 0.731. The second-order valence-corrected chi connectivity index (χ2v) is 7.43. The van der Waals surface area contributed by atoms with Gasteiger partial charge in [-0.05, 0) is 69.0 Å². The van der Waals surface area contributed by atoms with Crippen LogP contribution < -0.4 is 5.32 Å². The van der Waals surface area contributed by atoms with Gasteiger partial charge in [-0.3, -0.25) is 4.90 Å². The summed E-state index contributed by atoms with van der Waals surface area (Å²) in [6, 6.07) is 6.90. The first kappa shape index (κ1) is 12.4.